The average Bonchev–Trinajstić information content (AvgIpc) is 2.81. The maximum absolute atomic E-state index is 4.80. The third-order valence-corrected chi connectivity index (χ3v) is 4.54. The van der Waals surface area contributed by atoms with Crippen molar-refractivity contribution in [1.82, 2.24) is 15.3 Å². The van der Waals surface area contributed by atoms with E-state index >= 15 is 0 Å². The van der Waals surface area contributed by atoms with E-state index in [-0.39, 0.29) is 0 Å². The average molecular weight is 268 g/mol. The Labute approximate surface area is 119 Å². The molecule has 0 saturated carbocycles. The third kappa shape index (κ3) is 2.24. The lowest BCUT2D eigenvalue weighted by Gasteiger charge is -2.29. The lowest BCUT2D eigenvalue weighted by molar-refractivity contribution is 0.477. The van der Waals surface area contributed by atoms with Crippen LogP contribution in [0.3, 0.4) is 0 Å². The maximum atomic E-state index is 4.80. The Morgan fingerprint density at radius 2 is 2.00 bits per heavy atom. The largest absolute Gasteiger partial charge is 0.353 e. The highest BCUT2D eigenvalue weighted by Gasteiger charge is 2.27. The molecule has 4 rings (SSSR count). The summed E-state index contributed by atoms with van der Waals surface area (Å²) in [5.74, 6) is 1.78. The second-order valence-electron chi connectivity index (χ2n) is 6.02. The third-order valence-electron chi connectivity index (χ3n) is 4.54. The monoisotopic (exact) mass is 268 g/mol. The van der Waals surface area contributed by atoms with Crippen molar-refractivity contribution in [3.8, 4) is 0 Å². The van der Waals surface area contributed by atoms with Crippen LogP contribution in [0.1, 0.15) is 19.3 Å². The molecule has 2 bridgehead atoms. The number of nitrogens with zero attached hydrogens (tertiary/aromatic N) is 3. The molecule has 0 spiro atoms. The van der Waals surface area contributed by atoms with Crippen molar-refractivity contribution in [3.63, 3.8) is 0 Å². The number of hydrogen-bond acceptors (Lipinski definition) is 4. The summed E-state index contributed by atoms with van der Waals surface area (Å²) in [5.41, 5.74) is 1.97. The minimum Gasteiger partial charge on any atom is -0.353 e. The van der Waals surface area contributed by atoms with Crippen LogP contribution < -0.4 is 10.2 Å². The zero-order chi connectivity index (χ0) is 13.4. The van der Waals surface area contributed by atoms with Crippen LogP contribution in [-0.2, 0) is 0 Å². The van der Waals surface area contributed by atoms with E-state index in [1.54, 1.807) is 0 Å². The number of para-hydroxylation sites is 2. The molecule has 1 aromatic heterocycles. The Kier molecular flexibility index (Phi) is 3.03. The zero-order valence-electron chi connectivity index (χ0n) is 11.6. The van der Waals surface area contributed by atoms with Gasteiger partial charge in [-0.1, -0.05) is 18.6 Å². The van der Waals surface area contributed by atoms with E-state index in [9.17, 15) is 0 Å². The molecule has 1 N–H and O–H groups in total. The van der Waals surface area contributed by atoms with E-state index in [1.165, 1.54) is 19.3 Å². The molecule has 0 unspecified atom stereocenters. The first-order chi connectivity index (χ1) is 9.88. The van der Waals surface area contributed by atoms with Gasteiger partial charge in [0.15, 0.2) is 0 Å². The fraction of sp³-hybridized carbons (Fsp3) is 0.500. The van der Waals surface area contributed by atoms with E-state index in [0.29, 0.717) is 6.04 Å². The smallest absolute Gasteiger partial charge is 0.147 e. The fourth-order valence-electron chi connectivity index (χ4n) is 3.44. The number of nitrogens with one attached hydrogen (secondary N) is 1. The quantitative estimate of drug-likeness (QED) is 0.861. The second-order valence-corrected chi connectivity index (χ2v) is 6.02. The lowest BCUT2D eigenvalue weighted by atomic mass is 10.00. The van der Waals surface area contributed by atoms with E-state index in [4.69, 9.17) is 4.98 Å². The highest BCUT2D eigenvalue weighted by molar-refractivity contribution is 5.75. The van der Waals surface area contributed by atoms with Crippen LogP contribution in [0.5, 0.6) is 0 Å². The number of rotatable bonds is 1. The molecule has 1 aromatic carbocycles. The lowest BCUT2D eigenvalue weighted by Crippen LogP contribution is -2.38. The number of benzene rings is 1. The molecule has 2 aliphatic heterocycles. The number of hydrogen-bond donors (Lipinski definition) is 1. The van der Waals surface area contributed by atoms with Gasteiger partial charge in [-0.2, -0.15) is 0 Å². The Balaban J connectivity index is 1.67. The van der Waals surface area contributed by atoms with Gasteiger partial charge in [-0.05, 0) is 37.4 Å². The first kappa shape index (κ1) is 12.1. The molecular formula is C16H20N4. The predicted molar refractivity (Wildman–Crippen MR) is 80.9 cm³/mol. The van der Waals surface area contributed by atoms with Gasteiger partial charge in [0, 0.05) is 19.1 Å². The molecule has 0 aliphatic carbocycles. The van der Waals surface area contributed by atoms with Crippen molar-refractivity contribution in [1.29, 1.82) is 0 Å². The van der Waals surface area contributed by atoms with Crippen molar-refractivity contribution in [3.05, 3.63) is 30.5 Å². The Bertz CT molecular complexity index is 598. The molecule has 3 heterocycles. The molecule has 2 fully saturated rings. The summed E-state index contributed by atoms with van der Waals surface area (Å²) in [6, 6.07) is 8.71. The van der Waals surface area contributed by atoms with Crippen LogP contribution in [0.4, 0.5) is 5.82 Å². The molecule has 4 nitrogen and oxygen atoms in total. The van der Waals surface area contributed by atoms with Crippen LogP contribution in [0.15, 0.2) is 30.5 Å². The molecule has 2 aromatic rings. The van der Waals surface area contributed by atoms with Gasteiger partial charge in [0.05, 0.1) is 17.2 Å². The van der Waals surface area contributed by atoms with Crippen molar-refractivity contribution in [2.24, 2.45) is 5.92 Å². The molecule has 2 atom stereocenters. The minimum absolute atomic E-state index is 0.607. The van der Waals surface area contributed by atoms with Crippen molar-refractivity contribution in [2.45, 2.75) is 25.3 Å². The van der Waals surface area contributed by atoms with Gasteiger partial charge < -0.3 is 10.2 Å². The Morgan fingerprint density at radius 3 is 2.95 bits per heavy atom. The standard InChI is InChI=1S/C16H20N4/c1-2-7-15-14(6-1)18-9-16(19-15)20-10-12-4-3-5-13(11-20)17-8-12/h1-2,6-7,9,12-13,17H,3-5,8,10-11H2/t12-,13-/m0/s1. The van der Waals surface area contributed by atoms with Gasteiger partial charge in [0.1, 0.15) is 5.82 Å². The summed E-state index contributed by atoms with van der Waals surface area (Å²) in [5, 5.41) is 3.69. The topological polar surface area (TPSA) is 41.1 Å². The SMILES string of the molecule is c1ccc2nc(N3C[C@H]4CCC[C@@H](C3)NC4)cnc2c1. The highest BCUT2D eigenvalue weighted by atomic mass is 15.2. The summed E-state index contributed by atoms with van der Waals surface area (Å²) in [4.78, 5) is 11.8. The predicted octanol–water partition coefficient (Wildman–Crippen LogP) is 2.21. The van der Waals surface area contributed by atoms with E-state index in [0.717, 1.165) is 42.4 Å². The molecule has 20 heavy (non-hydrogen) atoms. The van der Waals surface area contributed by atoms with Gasteiger partial charge in [-0.3, -0.25) is 4.98 Å². The fourth-order valence-corrected chi connectivity index (χ4v) is 3.44. The van der Waals surface area contributed by atoms with Gasteiger partial charge in [0.2, 0.25) is 0 Å². The van der Waals surface area contributed by atoms with Crippen LogP contribution >= 0.6 is 0 Å². The summed E-state index contributed by atoms with van der Waals surface area (Å²) < 4.78 is 0. The van der Waals surface area contributed by atoms with E-state index < -0.39 is 0 Å². The molecule has 0 radical (unpaired) electrons. The Morgan fingerprint density at radius 1 is 1.10 bits per heavy atom. The van der Waals surface area contributed by atoms with E-state index in [1.807, 2.05) is 30.5 Å². The normalized spacial score (nSPS) is 26.5. The van der Waals surface area contributed by atoms with Crippen molar-refractivity contribution in [2.75, 3.05) is 24.5 Å². The van der Waals surface area contributed by atoms with Gasteiger partial charge in [-0.25, -0.2) is 4.98 Å². The summed E-state index contributed by atoms with van der Waals surface area (Å²) >= 11 is 0. The number of anilines is 1. The molecule has 0 amide bonds. The van der Waals surface area contributed by atoms with Crippen molar-refractivity contribution >= 4 is 16.9 Å². The summed E-state index contributed by atoms with van der Waals surface area (Å²) in [7, 11) is 0. The van der Waals surface area contributed by atoms with Crippen LogP contribution in [0, 0.1) is 5.92 Å². The number of fused-ring (bicyclic) bond motifs is 4. The second kappa shape index (κ2) is 5.02. The Hall–Kier alpha value is -1.68. The van der Waals surface area contributed by atoms with Gasteiger partial charge in [-0.15, -0.1) is 0 Å². The zero-order valence-corrected chi connectivity index (χ0v) is 11.6. The maximum Gasteiger partial charge on any atom is 0.147 e. The molecule has 2 aliphatic rings. The van der Waals surface area contributed by atoms with Crippen LogP contribution in [0.2, 0.25) is 0 Å². The summed E-state index contributed by atoms with van der Waals surface area (Å²) in [6.07, 6.45) is 5.91. The van der Waals surface area contributed by atoms with Crippen LogP contribution in [-0.4, -0.2) is 35.6 Å². The molecule has 4 heteroatoms. The van der Waals surface area contributed by atoms with Crippen molar-refractivity contribution < 1.29 is 0 Å². The molecular weight excluding hydrogens is 248 g/mol. The van der Waals surface area contributed by atoms with E-state index in [2.05, 4.69) is 15.2 Å². The first-order valence-corrected chi connectivity index (χ1v) is 7.58. The minimum atomic E-state index is 0.607. The highest BCUT2D eigenvalue weighted by Crippen LogP contribution is 2.24. The first-order valence-electron chi connectivity index (χ1n) is 7.58. The number of aromatic nitrogens is 2. The van der Waals surface area contributed by atoms with Gasteiger partial charge in [0.25, 0.3) is 0 Å². The molecule has 104 valence electrons. The van der Waals surface area contributed by atoms with Crippen LogP contribution in [0.25, 0.3) is 11.0 Å². The molecule has 2 saturated heterocycles. The summed E-state index contributed by atoms with van der Waals surface area (Å²) in [6.45, 7) is 3.32. The van der Waals surface area contributed by atoms with Gasteiger partial charge >= 0.3 is 0 Å².